The molecule has 0 unspecified atom stereocenters. The third-order valence-corrected chi connectivity index (χ3v) is 2.54. The Hall–Kier alpha value is -1.13. The van der Waals surface area contributed by atoms with Gasteiger partial charge in [0.15, 0.2) is 0 Å². The SMILES string of the molecule is O=C(O)C(F)(C(=O)O)C1CCCC1. The van der Waals surface area contributed by atoms with Gasteiger partial charge >= 0.3 is 17.6 Å². The predicted octanol–water partition coefficient (Wildman–Crippen LogP) is 1.05. The van der Waals surface area contributed by atoms with Gasteiger partial charge in [0.1, 0.15) is 0 Å². The molecule has 0 aromatic rings. The van der Waals surface area contributed by atoms with Gasteiger partial charge in [0.2, 0.25) is 0 Å². The lowest BCUT2D eigenvalue weighted by Gasteiger charge is -2.21. The first-order chi connectivity index (χ1) is 5.99. The minimum atomic E-state index is -3.09. The van der Waals surface area contributed by atoms with Crippen LogP contribution in [0.15, 0.2) is 0 Å². The topological polar surface area (TPSA) is 74.6 Å². The van der Waals surface area contributed by atoms with Gasteiger partial charge < -0.3 is 10.2 Å². The van der Waals surface area contributed by atoms with Gasteiger partial charge in [-0.15, -0.1) is 0 Å². The van der Waals surface area contributed by atoms with Crippen molar-refractivity contribution >= 4 is 11.9 Å². The van der Waals surface area contributed by atoms with Crippen molar-refractivity contribution in [1.29, 1.82) is 0 Å². The quantitative estimate of drug-likeness (QED) is 0.652. The lowest BCUT2D eigenvalue weighted by molar-refractivity contribution is -0.171. The molecule has 0 aliphatic heterocycles. The predicted molar refractivity (Wildman–Crippen MR) is 41.1 cm³/mol. The molecule has 74 valence electrons. The van der Waals surface area contributed by atoms with Crippen molar-refractivity contribution in [2.75, 3.05) is 0 Å². The maximum atomic E-state index is 13.5. The summed E-state index contributed by atoms with van der Waals surface area (Å²) in [6.07, 6.45) is 2.10. The highest BCUT2D eigenvalue weighted by molar-refractivity contribution is 6.02. The average molecular weight is 190 g/mol. The number of halogens is 1. The Morgan fingerprint density at radius 3 is 1.85 bits per heavy atom. The summed E-state index contributed by atoms with van der Waals surface area (Å²) in [4.78, 5) is 21.0. The van der Waals surface area contributed by atoms with Crippen LogP contribution in [0, 0.1) is 5.92 Å². The maximum Gasteiger partial charge on any atom is 0.353 e. The second-order valence-corrected chi connectivity index (χ2v) is 3.30. The van der Waals surface area contributed by atoms with Gasteiger partial charge in [0.05, 0.1) is 0 Å². The number of hydrogen-bond donors (Lipinski definition) is 2. The van der Waals surface area contributed by atoms with Crippen molar-refractivity contribution in [3.05, 3.63) is 0 Å². The Kier molecular flexibility index (Phi) is 2.54. The smallest absolute Gasteiger partial charge is 0.353 e. The Morgan fingerprint density at radius 2 is 1.54 bits per heavy atom. The second kappa shape index (κ2) is 3.32. The second-order valence-electron chi connectivity index (χ2n) is 3.30. The zero-order valence-corrected chi connectivity index (χ0v) is 6.99. The molecule has 2 N–H and O–H groups in total. The molecule has 13 heavy (non-hydrogen) atoms. The molecule has 1 saturated carbocycles. The number of carboxylic acids is 2. The van der Waals surface area contributed by atoms with Crippen LogP contribution in [-0.4, -0.2) is 27.8 Å². The van der Waals surface area contributed by atoms with Gasteiger partial charge in [-0.25, -0.2) is 14.0 Å². The summed E-state index contributed by atoms with van der Waals surface area (Å²) in [7, 11) is 0. The molecule has 1 fully saturated rings. The van der Waals surface area contributed by atoms with Gasteiger partial charge in [-0.1, -0.05) is 12.8 Å². The van der Waals surface area contributed by atoms with Gasteiger partial charge in [-0.2, -0.15) is 0 Å². The fourth-order valence-corrected chi connectivity index (χ4v) is 1.76. The van der Waals surface area contributed by atoms with Crippen LogP contribution >= 0.6 is 0 Å². The molecular formula is C8H11FO4. The standard InChI is InChI=1S/C8H11FO4/c9-8(6(10)11,7(12)13)5-3-1-2-4-5/h5H,1-4H2,(H,10,11)(H,12,13). The van der Waals surface area contributed by atoms with Crippen LogP contribution in [0.25, 0.3) is 0 Å². The number of alkyl halides is 1. The number of aliphatic carboxylic acids is 2. The Bertz CT molecular complexity index is 218. The monoisotopic (exact) mass is 190 g/mol. The van der Waals surface area contributed by atoms with Gasteiger partial charge in [0.25, 0.3) is 0 Å². The van der Waals surface area contributed by atoms with E-state index in [-0.39, 0.29) is 0 Å². The lowest BCUT2D eigenvalue weighted by atomic mass is 9.88. The molecule has 0 spiro atoms. The van der Waals surface area contributed by atoms with Gasteiger partial charge in [0, 0.05) is 5.92 Å². The van der Waals surface area contributed by atoms with Crippen molar-refractivity contribution in [2.24, 2.45) is 5.92 Å². The fraction of sp³-hybridized carbons (Fsp3) is 0.750. The molecule has 0 saturated heterocycles. The molecule has 5 heteroatoms. The highest BCUT2D eigenvalue weighted by atomic mass is 19.1. The van der Waals surface area contributed by atoms with Crippen molar-refractivity contribution in [3.63, 3.8) is 0 Å². The molecule has 0 atom stereocenters. The highest BCUT2D eigenvalue weighted by Gasteiger charge is 2.54. The minimum absolute atomic E-state index is 0.342. The van der Waals surface area contributed by atoms with Crippen LogP contribution in [0.4, 0.5) is 4.39 Å². The molecule has 0 bridgehead atoms. The summed E-state index contributed by atoms with van der Waals surface area (Å²) < 4.78 is 13.5. The summed E-state index contributed by atoms with van der Waals surface area (Å²) in [6, 6.07) is 0. The number of hydrogen-bond acceptors (Lipinski definition) is 2. The summed E-state index contributed by atoms with van der Waals surface area (Å²) in [5, 5.41) is 17.0. The van der Waals surface area contributed by atoms with Gasteiger partial charge in [-0.3, -0.25) is 0 Å². The van der Waals surface area contributed by atoms with E-state index in [1.165, 1.54) is 0 Å². The number of carboxylic acid groups (broad SMARTS) is 2. The molecule has 0 aromatic carbocycles. The summed E-state index contributed by atoms with van der Waals surface area (Å²) in [5.41, 5.74) is -3.09. The van der Waals surface area contributed by atoms with Crippen molar-refractivity contribution in [3.8, 4) is 0 Å². The van der Waals surface area contributed by atoms with Crippen LogP contribution in [0.1, 0.15) is 25.7 Å². The summed E-state index contributed by atoms with van der Waals surface area (Å²) in [6.45, 7) is 0. The van der Waals surface area contributed by atoms with E-state index in [1.807, 2.05) is 0 Å². The third-order valence-electron chi connectivity index (χ3n) is 2.54. The zero-order chi connectivity index (χ0) is 10.1. The molecule has 1 aliphatic rings. The van der Waals surface area contributed by atoms with E-state index in [4.69, 9.17) is 10.2 Å². The van der Waals surface area contributed by atoms with Crippen LogP contribution in [0.2, 0.25) is 0 Å². The molecular weight excluding hydrogens is 179 g/mol. The van der Waals surface area contributed by atoms with E-state index >= 15 is 0 Å². The molecule has 0 radical (unpaired) electrons. The van der Waals surface area contributed by atoms with Crippen LogP contribution < -0.4 is 0 Å². The van der Waals surface area contributed by atoms with E-state index in [2.05, 4.69) is 0 Å². The lowest BCUT2D eigenvalue weighted by Crippen LogP contribution is -2.48. The first kappa shape index (κ1) is 9.95. The van der Waals surface area contributed by atoms with Gasteiger partial charge in [-0.05, 0) is 12.8 Å². The first-order valence-electron chi connectivity index (χ1n) is 4.15. The number of carbonyl (C=O) groups is 2. The number of rotatable bonds is 3. The average Bonchev–Trinajstić information content (AvgIpc) is 2.54. The third kappa shape index (κ3) is 1.50. The van der Waals surface area contributed by atoms with E-state index in [1.54, 1.807) is 0 Å². The Balaban J connectivity index is 2.89. The molecule has 1 rings (SSSR count). The van der Waals surface area contributed by atoms with Crippen molar-refractivity contribution < 1.29 is 24.2 Å². The van der Waals surface area contributed by atoms with E-state index in [0.29, 0.717) is 25.7 Å². The van der Waals surface area contributed by atoms with Crippen LogP contribution in [-0.2, 0) is 9.59 Å². The molecule has 0 heterocycles. The van der Waals surface area contributed by atoms with Crippen LogP contribution in [0.3, 0.4) is 0 Å². The van der Waals surface area contributed by atoms with Crippen LogP contribution in [0.5, 0.6) is 0 Å². The summed E-state index contributed by atoms with van der Waals surface area (Å²) >= 11 is 0. The summed E-state index contributed by atoms with van der Waals surface area (Å²) in [5.74, 6) is -4.64. The molecule has 1 aliphatic carbocycles. The Morgan fingerprint density at radius 1 is 1.15 bits per heavy atom. The Labute approximate surface area is 74.4 Å². The molecule has 0 aromatic heterocycles. The van der Waals surface area contributed by atoms with E-state index in [0.717, 1.165) is 0 Å². The largest absolute Gasteiger partial charge is 0.478 e. The molecule has 0 amide bonds. The van der Waals surface area contributed by atoms with Crippen molar-refractivity contribution in [1.82, 2.24) is 0 Å². The normalized spacial score (nSPS) is 18.8. The maximum absolute atomic E-state index is 13.5. The molecule has 4 nitrogen and oxygen atoms in total. The first-order valence-corrected chi connectivity index (χ1v) is 4.15. The van der Waals surface area contributed by atoms with E-state index < -0.39 is 23.5 Å². The minimum Gasteiger partial charge on any atom is -0.478 e. The zero-order valence-electron chi connectivity index (χ0n) is 6.99. The van der Waals surface area contributed by atoms with Crippen molar-refractivity contribution in [2.45, 2.75) is 31.4 Å². The highest BCUT2D eigenvalue weighted by Crippen LogP contribution is 2.37. The fourth-order valence-electron chi connectivity index (χ4n) is 1.76. The van der Waals surface area contributed by atoms with E-state index in [9.17, 15) is 14.0 Å².